The van der Waals surface area contributed by atoms with Crippen LogP contribution in [0.5, 0.6) is 0 Å². The number of carbonyl (C=O) groups is 1. The molecule has 0 bridgehead atoms. The zero-order valence-electron chi connectivity index (χ0n) is 10.7. The minimum Gasteiger partial charge on any atom is -0.350 e. The van der Waals surface area contributed by atoms with Crippen molar-refractivity contribution in [3.8, 4) is 0 Å². The van der Waals surface area contributed by atoms with Crippen LogP contribution in [0, 0.1) is 6.92 Å². The summed E-state index contributed by atoms with van der Waals surface area (Å²) in [6.45, 7) is 6.17. The molecule has 1 N–H and O–H groups in total. The van der Waals surface area contributed by atoms with Gasteiger partial charge in [-0.2, -0.15) is 0 Å². The lowest BCUT2D eigenvalue weighted by molar-refractivity contribution is -0.122. The molecular formula is C14H20BrNO. The van der Waals surface area contributed by atoms with Gasteiger partial charge < -0.3 is 5.32 Å². The van der Waals surface area contributed by atoms with Crippen molar-refractivity contribution in [3.63, 3.8) is 0 Å². The molecule has 17 heavy (non-hydrogen) atoms. The van der Waals surface area contributed by atoms with E-state index in [0.717, 1.165) is 17.3 Å². The maximum atomic E-state index is 12.0. The van der Waals surface area contributed by atoms with Crippen molar-refractivity contribution >= 4 is 21.8 Å². The summed E-state index contributed by atoms with van der Waals surface area (Å²) in [4.78, 5) is 12.0. The standard InChI is InChI=1S/C14H20BrNO/c1-4-14(3,10-15)16-13(17)9-12-8-6-5-7-11(12)2/h5-8H,4,9-10H2,1-3H3,(H,16,17). The second-order valence-corrected chi connectivity index (χ2v) is 5.26. The number of aryl methyl sites for hydroxylation is 1. The Balaban J connectivity index is 2.65. The molecule has 2 nitrogen and oxygen atoms in total. The number of hydrogen-bond acceptors (Lipinski definition) is 1. The molecule has 0 aliphatic rings. The Bertz CT molecular complexity index is 386. The minimum atomic E-state index is -0.153. The smallest absolute Gasteiger partial charge is 0.224 e. The van der Waals surface area contributed by atoms with Crippen LogP contribution in [0.4, 0.5) is 0 Å². The summed E-state index contributed by atoms with van der Waals surface area (Å²) in [5.74, 6) is 0.0862. The zero-order chi connectivity index (χ0) is 12.9. The maximum Gasteiger partial charge on any atom is 0.224 e. The first kappa shape index (κ1) is 14.2. The fourth-order valence-electron chi connectivity index (χ4n) is 1.58. The van der Waals surface area contributed by atoms with Gasteiger partial charge in [-0.05, 0) is 31.4 Å². The molecule has 0 aliphatic heterocycles. The van der Waals surface area contributed by atoms with Crippen LogP contribution in [0.1, 0.15) is 31.4 Å². The van der Waals surface area contributed by atoms with E-state index >= 15 is 0 Å². The van der Waals surface area contributed by atoms with Crippen LogP contribution >= 0.6 is 15.9 Å². The normalized spacial score (nSPS) is 14.1. The van der Waals surface area contributed by atoms with Gasteiger partial charge in [-0.3, -0.25) is 4.79 Å². The molecule has 0 saturated heterocycles. The van der Waals surface area contributed by atoms with Gasteiger partial charge in [-0.1, -0.05) is 47.1 Å². The molecule has 1 rings (SSSR count). The van der Waals surface area contributed by atoms with E-state index in [1.54, 1.807) is 0 Å². The van der Waals surface area contributed by atoms with Gasteiger partial charge in [0.15, 0.2) is 0 Å². The van der Waals surface area contributed by atoms with E-state index in [9.17, 15) is 4.79 Å². The highest BCUT2D eigenvalue weighted by molar-refractivity contribution is 9.09. The number of halogens is 1. The molecule has 0 radical (unpaired) electrons. The molecule has 1 unspecified atom stereocenters. The summed E-state index contributed by atoms with van der Waals surface area (Å²) in [5, 5.41) is 3.86. The molecular weight excluding hydrogens is 278 g/mol. The van der Waals surface area contributed by atoms with Crippen LogP contribution in [-0.4, -0.2) is 16.8 Å². The van der Waals surface area contributed by atoms with Crippen molar-refractivity contribution in [3.05, 3.63) is 35.4 Å². The number of alkyl halides is 1. The SMILES string of the molecule is CCC(C)(CBr)NC(=O)Cc1ccccc1C. The summed E-state index contributed by atoms with van der Waals surface area (Å²) >= 11 is 3.45. The third-order valence-corrected chi connectivity index (χ3v) is 4.37. The van der Waals surface area contributed by atoms with Crippen molar-refractivity contribution in [2.24, 2.45) is 0 Å². The Morgan fingerprint density at radius 1 is 1.41 bits per heavy atom. The van der Waals surface area contributed by atoms with Gasteiger partial charge in [-0.15, -0.1) is 0 Å². The number of carbonyl (C=O) groups excluding carboxylic acids is 1. The van der Waals surface area contributed by atoms with Crippen molar-refractivity contribution in [2.45, 2.75) is 39.2 Å². The van der Waals surface area contributed by atoms with Crippen LogP contribution in [0.2, 0.25) is 0 Å². The third-order valence-electron chi connectivity index (χ3n) is 3.13. The largest absolute Gasteiger partial charge is 0.350 e. The van der Waals surface area contributed by atoms with Crippen LogP contribution in [0.25, 0.3) is 0 Å². The topological polar surface area (TPSA) is 29.1 Å². The highest BCUT2D eigenvalue weighted by atomic mass is 79.9. The van der Waals surface area contributed by atoms with Gasteiger partial charge >= 0.3 is 0 Å². The first-order valence-electron chi connectivity index (χ1n) is 5.92. The molecule has 3 heteroatoms. The highest BCUT2D eigenvalue weighted by Gasteiger charge is 2.22. The first-order chi connectivity index (χ1) is 8.00. The number of nitrogens with one attached hydrogen (secondary N) is 1. The zero-order valence-corrected chi connectivity index (χ0v) is 12.3. The van der Waals surface area contributed by atoms with E-state index in [4.69, 9.17) is 0 Å². The van der Waals surface area contributed by atoms with Gasteiger partial charge in [0.1, 0.15) is 0 Å². The second-order valence-electron chi connectivity index (χ2n) is 4.70. The van der Waals surface area contributed by atoms with Gasteiger partial charge in [0, 0.05) is 10.9 Å². The summed E-state index contributed by atoms with van der Waals surface area (Å²) in [6, 6.07) is 8.00. The summed E-state index contributed by atoms with van der Waals surface area (Å²) in [6.07, 6.45) is 1.37. The minimum absolute atomic E-state index is 0.0862. The average Bonchev–Trinajstić information content (AvgIpc) is 2.32. The van der Waals surface area contributed by atoms with Crippen molar-refractivity contribution in [1.29, 1.82) is 0 Å². The van der Waals surface area contributed by atoms with Gasteiger partial charge in [0.25, 0.3) is 0 Å². The Morgan fingerprint density at radius 2 is 2.06 bits per heavy atom. The quantitative estimate of drug-likeness (QED) is 0.831. The molecule has 0 spiro atoms. The predicted octanol–water partition coefficient (Wildman–Crippen LogP) is 3.22. The van der Waals surface area contributed by atoms with E-state index < -0.39 is 0 Å². The Hall–Kier alpha value is -0.830. The molecule has 1 aromatic rings. The number of rotatable bonds is 5. The number of hydrogen-bond donors (Lipinski definition) is 1. The lowest BCUT2D eigenvalue weighted by atomic mass is 10.0. The van der Waals surface area contributed by atoms with Crippen molar-refractivity contribution in [2.75, 3.05) is 5.33 Å². The van der Waals surface area contributed by atoms with Crippen LogP contribution in [0.3, 0.4) is 0 Å². The average molecular weight is 298 g/mol. The highest BCUT2D eigenvalue weighted by Crippen LogP contribution is 2.14. The molecule has 0 saturated carbocycles. The first-order valence-corrected chi connectivity index (χ1v) is 7.04. The molecule has 0 fully saturated rings. The van der Waals surface area contributed by atoms with E-state index in [1.807, 2.05) is 31.2 Å². The Labute approximate surface area is 112 Å². The molecule has 1 atom stereocenters. The fourth-order valence-corrected chi connectivity index (χ4v) is 2.12. The number of amides is 1. The maximum absolute atomic E-state index is 12.0. The molecule has 0 aliphatic carbocycles. The molecule has 94 valence electrons. The summed E-state index contributed by atoms with van der Waals surface area (Å²) < 4.78 is 0. The summed E-state index contributed by atoms with van der Waals surface area (Å²) in [7, 11) is 0. The van der Waals surface area contributed by atoms with E-state index in [1.165, 1.54) is 5.56 Å². The molecule has 1 aromatic carbocycles. The molecule has 1 amide bonds. The third kappa shape index (κ3) is 4.15. The second kappa shape index (κ2) is 6.20. The monoisotopic (exact) mass is 297 g/mol. The molecule has 0 heterocycles. The van der Waals surface area contributed by atoms with Crippen molar-refractivity contribution < 1.29 is 4.79 Å². The van der Waals surface area contributed by atoms with E-state index in [0.29, 0.717) is 6.42 Å². The van der Waals surface area contributed by atoms with Gasteiger partial charge in [0.2, 0.25) is 5.91 Å². The molecule has 0 aromatic heterocycles. The predicted molar refractivity (Wildman–Crippen MR) is 75.5 cm³/mol. The number of benzene rings is 1. The summed E-state index contributed by atoms with van der Waals surface area (Å²) in [5.41, 5.74) is 2.11. The van der Waals surface area contributed by atoms with Crippen molar-refractivity contribution in [1.82, 2.24) is 5.32 Å². The lowest BCUT2D eigenvalue weighted by Gasteiger charge is -2.27. The van der Waals surface area contributed by atoms with Crippen LogP contribution in [0.15, 0.2) is 24.3 Å². The fraction of sp³-hybridized carbons (Fsp3) is 0.500. The Morgan fingerprint density at radius 3 is 2.59 bits per heavy atom. The Kier molecular flexibility index (Phi) is 5.19. The van der Waals surface area contributed by atoms with Gasteiger partial charge in [0.05, 0.1) is 6.42 Å². The van der Waals surface area contributed by atoms with E-state index in [2.05, 4.69) is 35.1 Å². The van der Waals surface area contributed by atoms with Gasteiger partial charge in [-0.25, -0.2) is 0 Å². The van der Waals surface area contributed by atoms with Crippen LogP contribution < -0.4 is 5.32 Å². The lowest BCUT2D eigenvalue weighted by Crippen LogP contribution is -2.47. The van der Waals surface area contributed by atoms with E-state index in [-0.39, 0.29) is 11.4 Å². The van der Waals surface area contributed by atoms with Crippen LogP contribution in [-0.2, 0) is 11.2 Å².